The number of carbonyl (C=O) groups excluding carboxylic acids is 1. The van der Waals surface area contributed by atoms with Crippen molar-refractivity contribution in [1.82, 2.24) is 10.0 Å². The second-order valence-electron chi connectivity index (χ2n) is 7.40. The lowest BCUT2D eigenvalue weighted by Crippen LogP contribution is -2.52. The molecule has 7 nitrogen and oxygen atoms in total. The van der Waals surface area contributed by atoms with E-state index in [1.807, 2.05) is 25.6 Å². The number of nitrogens with one attached hydrogen (secondary N) is 2. The lowest BCUT2D eigenvalue weighted by atomic mass is 10.0. The van der Waals surface area contributed by atoms with Gasteiger partial charge in [0.25, 0.3) is 0 Å². The van der Waals surface area contributed by atoms with Gasteiger partial charge in [0.2, 0.25) is 15.9 Å². The zero-order chi connectivity index (χ0) is 20.1. The van der Waals surface area contributed by atoms with Crippen LogP contribution >= 0.6 is 11.8 Å². The number of benzene rings is 1. The number of ether oxygens (including phenoxy) is 2. The van der Waals surface area contributed by atoms with Crippen LogP contribution in [0.1, 0.15) is 33.1 Å². The Balaban J connectivity index is 1.74. The van der Waals surface area contributed by atoms with Gasteiger partial charge in [-0.25, -0.2) is 8.42 Å². The molecule has 0 aliphatic carbocycles. The summed E-state index contributed by atoms with van der Waals surface area (Å²) < 4.78 is 39.6. The van der Waals surface area contributed by atoms with Gasteiger partial charge in [-0.2, -0.15) is 16.5 Å². The third-order valence-corrected chi connectivity index (χ3v) is 7.32. The van der Waals surface area contributed by atoms with E-state index in [0.29, 0.717) is 24.7 Å². The van der Waals surface area contributed by atoms with Crippen molar-refractivity contribution in [2.75, 3.05) is 24.7 Å². The Labute approximate surface area is 171 Å². The van der Waals surface area contributed by atoms with Crippen molar-refractivity contribution >= 4 is 27.7 Å². The van der Waals surface area contributed by atoms with Gasteiger partial charge < -0.3 is 14.8 Å². The predicted octanol–water partition coefficient (Wildman–Crippen LogP) is 2.16. The fourth-order valence-electron chi connectivity index (χ4n) is 3.17. The average Bonchev–Trinajstić information content (AvgIpc) is 2.91. The molecule has 9 heteroatoms. The zero-order valence-electron chi connectivity index (χ0n) is 16.3. The molecule has 2 heterocycles. The van der Waals surface area contributed by atoms with Crippen molar-refractivity contribution in [2.45, 2.75) is 50.1 Å². The summed E-state index contributed by atoms with van der Waals surface area (Å²) in [6, 6.07) is 3.80. The molecule has 156 valence electrons. The van der Waals surface area contributed by atoms with Crippen molar-refractivity contribution in [3.05, 3.63) is 18.2 Å². The topological polar surface area (TPSA) is 93.7 Å². The first-order chi connectivity index (χ1) is 13.4. The van der Waals surface area contributed by atoms with Crippen molar-refractivity contribution in [2.24, 2.45) is 5.92 Å². The van der Waals surface area contributed by atoms with E-state index < -0.39 is 16.1 Å². The Morgan fingerprint density at radius 2 is 1.82 bits per heavy atom. The first-order valence-electron chi connectivity index (χ1n) is 9.67. The number of amides is 1. The Morgan fingerprint density at radius 1 is 1.14 bits per heavy atom. The largest absolute Gasteiger partial charge is 0.490 e. The van der Waals surface area contributed by atoms with Crippen molar-refractivity contribution in [3.8, 4) is 11.5 Å². The molecule has 3 rings (SSSR count). The van der Waals surface area contributed by atoms with E-state index >= 15 is 0 Å². The summed E-state index contributed by atoms with van der Waals surface area (Å²) in [5.74, 6) is 2.51. The maximum Gasteiger partial charge on any atom is 0.241 e. The standard InChI is InChI=1S/C19H28N2O5S2/c1-13(2)18(19(22)20-14-6-10-27-11-7-14)21-28(23,24)15-4-5-16-17(12-15)26-9-3-8-25-16/h4-5,12-14,18,21H,3,6-11H2,1-2H3,(H,20,22). The highest BCUT2D eigenvalue weighted by Crippen LogP contribution is 2.32. The molecule has 0 radical (unpaired) electrons. The van der Waals surface area contributed by atoms with Gasteiger partial charge >= 0.3 is 0 Å². The van der Waals surface area contributed by atoms with Crippen LogP contribution in [-0.2, 0) is 14.8 Å². The molecule has 2 N–H and O–H groups in total. The van der Waals surface area contributed by atoms with Crippen LogP contribution in [0.3, 0.4) is 0 Å². The second kappa shape index (κ2) is 9.37. The molecule has 0 saturated carbocycles. The summed E-state index contributed by atoms with van der Waals surface area (Å²) in [5, 5.41) is 3.01. The van der Waals surface area contributed by atoms with Crippen LogP contribution in [0.2, 0.25) is 0 Å². The maximum absolute atomic E-state index is 12.9. The lowest BCUT2D eigenvalue weighted by Gasteiger charge is -2.27. The highest BCUT2D eigenvalue weighted by atomic mass is 32.2. The Bertz CT molecular complexity index is 792. The number of carbonyl (C=O) groups is 1. The molecule has 1 fully saturated rings. The fourth-order valence-corrected chi connectivity index (χ4v) is 5.64. The van der Waals surface area contributed by atoms with Crippen LogP contribution in [0.5, 0.6) is 11.5 Å². The Hall–Kier alpha value is -1.45. The minimum Gasteiger partial charge on any atom is -0.490 e. The van der Waals surface area contributed by atoms with Gasteiger partial charge in [-0.1, -0.05) is 13.8 Å². The van der Waals surface area contributed by atoms with E-state index in [-0.39, 0.29) is 22.8 Å². The predicted molar refractivity (Wildman–Crippen MR) is 109 cm³/mol. The summed E-state index contributed by atoms with van der Waals surface area (Å²) in [7, 11) is -3.89. The van der Waals surface area contributed by atoms with E-state index in [1.54, 1.807) is 6.07 Å². The molecule has 1 aromatic rings. The molecule has 28 heavy (non-hydrogen) atoms. The van der Waals surface area contributed by atoms with Gasteiger partial charge in [0, 0.05) is 18.5 Å². The highest BCUT2D eigenvalue weighted by molar-refractivity contribution is 7.99. The fraction of sp³-hybridized carbons (Fsp3) is 0.632. The lowest BCUT2D eigenvalue weighted by molar-refractivity contribution is -0.124. The van der Waals surface area contributed by atoms with Gasteiger partial charge in [-0.05, 0) is 42.4 Å². The smallest absolute Gasteiger partial charge is 0.241 e. The molecule has 1 atom stereocenters. The third-order valence-electron chi connectivity index (χ3n) is 4.83. The molecular formula is C19H28N2O5S2. The number of hydrogen-bond donors (Lipinski definition) is 2. The van der Waals surface area contributed by atoms with Crippen LogP contribution in [0.15, 0.2) is 23.1 Å². The summed E-state index contributed by atoms with van der Waals surface area (Å²) in [4.78, 5) is 12.8. The summed E-state index contributed by atoms with van der Waals surface area (Å²) in [5.41, 5.74) is 0. The van der Waals surface area contributed by atoms with Crippen molar-refractivity contribution in [1.29, 1.82) is 0 Å². The normalized spacial score (nSPS) is 19.1. The average molecular weight is 429 g/mol. The SMILES string of the molecule is CC(C)C(NS(=O)(=O)c1ccc2c(c1)OCCCO2)C(=O)NC1CCSCC1. The van der Waals surface area contributed by atoms with Crippen molar-refractivity contribution in [3.63, 3.8) is 0 Å². The number of hydrogen-bond acceptors (Lipinski definition) is 6. The summed E-state index contributed by atoms with van der Waals surface area (Å²) in [6.07, 6.45) is 2.57. The van der Waals surface area contributed by atoms with Gasteiger partial charge in [0.15, 0.2) is 11.5 Å². The first-order valence-corrected chi connectivity index (χ1v) is 12.3. The minimum atomic E-state index is -3.89. The second-order valence-corrected chi connectivity index (χ2v) is 10.3. The molecular weight excluding hydrogens is 400 g/mol. The van der Waals surface area contributed by atoms with E-state index in [4.69, 9.17) is 9.47 Å². The van der Waals surface area contributed by atoms with Crippen LogP contribution in [-0.4, -0.2) is 51.1 Å². The quantitative estimate of drug-likeness (QED) is 0.721. The molecule has 1 amide bonds. The molecule has 1 aromatic carbocycles. The third kappa shape index (κ3) is 5.33. The first kappa shape index (κ1) is 21.3. The van der Waals surface area contributed by atoms with Gasteiger partial charge in [0.05, 0.1) is 18.1 Å². The van der Waals surface area contributed by atoms with Gasteiger partial charge in [-0.15, -0.1) is 0 Å². The van der Waals surface area contributed by atoms with Crippen LogP contribution in [0.4, 0.5) is 0 Å². The van der Waals surface area contributed by atoms with Crippen molar-refractivity contribution < 1.29 is 22.7 Å². The Kier molecular flexibility index (Phi) is 7.11. The minimum absolute atomic E-state index is 0.0595. The highest BCUT2D eigenvalue weighted by Gasteiger charge is 2.30. The molecule has 2 aliphatic heterocycles. The molecule has 0 bridgehead atoms. The molecule has 1 saturated heterocycles. The number of sulfonamides is 1. The van der Waals surface area contributed by atoms with Crippen LogP contribution in [0, 0.1) is 5.92 Å². The van der Waals surface area contributed by atoms with Gasteiger partial charge in [-0.3, -0.25) is 4.79 Å². The summed E-state index contributed by atoms with van der Waals surface area (Å²) in [6.45, 7) is 4.67. The maximum atomic E-state index is 12.9. The monoisotopic (exact) mass is 428 g/mol. The number of fused-ring (bicyclic) bond motifs is 1. The molecule has 1 unspecified atom stereocenters. The zero-order valence-corrected chi connectivity index (χ0v) is 17.9. The molecule has 2 aliphatic rings. The van der Waals surface area contributed by atoms with Gasteiger partial charge in [0.1, 0.15) is 6.04 Å². The van der Waals surface area contributed by atoms with E-state index in [2.05, 4.69) is 10.0 Å². The van der Waals surface area contributed by atoms with Crippen LogP contribution in [0.25, 0.3) is 0 Å². The van der Waals surface area contributed by atoms with E-state index in [9.17, 15) is 13.2 Å². The van der Waals surface area contributed by atoms with Crippen LogP contribution < -0.4 is 19.5 Å². The number of thioether (sulfide) groups is 1. The van der Waals surface area contributed by atoms with E-state index in [0.717, 1.165) is 30.8 Å². The van der Waals surface area contributed by atoms with E-state index in [1.165, 1.54) is 12.1 Å². The summed E-state index contributed by atoms with van der Waals surface area (Å²) >= 11 is 1.88. The molecule has 0 aromatic heterocycles. The number of rotatable bonds is 6. The molecule has 0 spiro atoms. The Morgan fingerprint density at radius 3 is 2.50 bits per heavy atom.